The first-order valence-electron chi connectivity index (χ1n) is 26.7. The van der Waals surface area contributed by atoms with E-state index in [1.807, 2.05) is 19.1 Å². The van der Waals surface area contributed by atoms with E-state index in [1.54, 1.807) is 0 Å². The molecule has 380 valence electrons. The lowest BCUT2D eigenvalue weighted by Gasteiger charge is -2.14. The van der Waals surface area contributed by atoms with E-state index in [4.69, 9.17) is 0 Å². The summed E-state index contributed by atoms with van der Waals surface area (Å²) in [5, 5.41) is 0. The molecule has 9 rings (SSSR count). The van der Waals surface area contributed by atoms with Crippen LogP contribution in [0.4, 0.5) is 0 Å². The first kappa shape index (κ1) is 55.4. The fourth-order valence-corrected chi connectivity index (χ4v) is 9.76. The highest BCUT2D eigenvalue weighted by Crippen LogP contribution is 2.35. The smallest absolute Gasteiger partial charge is 0.0111 e. The minimum atomic E-state index is 1.04. The van der Waals surface area contributed by atoms with E-state index in [0.717, 1.165) is 36.8 Å². The first-order chi connectivity index (χ1) is 36.7. The van der Waals surface area contributed by atoms with Gasteiger partial charge in [0.25, 0.3) is 0 Å². The van der Waals surface area contributed by atoms with Crippen LogP contribution in [0.15, 0.2) is 249 Å². The van der Waals surface area contributed by atoms with Gasteiger partial charge in [0, 0.05) is 0 Å². The second-order valence-electron chi connectivity index (χ2n) is 20.7. The maximum absolute atomic E-state index is 4.05. The van der Waals surface area contributed by atoms with Crippen LogP contribution >= 0.6 is 0 Å². The summed E-state index contributed by atoms with van der Waals surface area (Å²) in [5.74, 6) is 0. The highest BCUT2D eigenvalue weighted by molar-refractivity contribution is 5.83. The van der Waals surface area contributed by atoms with Crippen molar-refractivity contribution in [3.63, 3.8) is 0 Å². The third-order valence-electron chi connectivity index (χ3n) is 13.8. The normalized spacial score (nSPS) is 10.7. The van der Waals surface area contributed by atoms with E-state index in [0.29, 0.717) is 0 Å². The van der Waals surface area contributed by atoms with Gasteiger partial charge in [-0.25, -0.2) is 0 Å². The minimum absolute atomic E-state index is 1.04. The molecular weight excluding hydrogens is 913 g/mol. The van der Waals surface area contributed by atoms with Crippen molar-refractivity contribution in [1.82, 2.24) is 0 Å². The Morgan fingerprint density at radius 2 is 0.711 bits per heavy atom. The molecule has 0 bridgehead atoms. The molecule has 0 heterocycles. The lowest BCUT2D eigenvalue weighted by molar-refractivity contribution is 0.946. The highest BCUT2D eigenvalue weighted by atomic mass is 14.2. The summed E-state index contributed by atoms with van der Waals surface area (Å²) >= 11 is 0. The first-order valence-corrected chi connectivity index (χ1v) is 26.7. The predicted molar refractivity (Wildman–Crippen MR) is 336 cm³/mol. The number of hydrogen-bond acceptors (Lipinski definition) is 0. The zero-order chi connectivity index (χ0) is 54.1. The molecule has 0 saturated carbocycles. The van der Waals surface area contributed by atoms with Gasteiger partial charge >= 0.3 is 0 Å². The van der Waals surface area contributed by atoms with Crippen molar-refractivity contribution in [2.24, 2.45) is 0 Å². The maximum atomic E-state index is 4.05. The monoisotopic (exact) mass is 989 g/mol. The van der Waals surface area contributed by atoms with Gasteiger partial charge in [0.15, 0.2) is 0 Å². The van der Waals surface area contributed by atoms with E-state index in [-0.39, 0.29) is 0 Å². The van der Waals surface area contributed by atoms with Crippen molar-refractivity contribution in [1.29, 1.82) is 0 Å². The fourth-order valence-electron chi connectivity index (χ4n) is 9.76. The van der Waals surface area contributed by atoms with Gasteiger partial charge in [-0.3, -0.25) is 0 Å². The number of hydrogen-bond donors (Lipinski definition) is 0. The molecule has 0 N–H and O–H groups in total. The van der Waals surface area contributed by atoms with Crippen LogP contribution in [0.3, 0.4) is 0 Å². The Labute approximate surface area is 456 Å². The molecule has 9 aromatic rings. The Morgan fingerprint density at radius 3 is 1.11 bits per heavy atom. The number of rotatable bonds is 15. The van der Waals surface area contributed by atoms with Crippen LogP contribution < -0.4 is 0 Å². The Balaban J connectivity index is 0.000000166. The summed E-state index contributed by atoms with van der Waals surface area (Å²) in [4.78, 5) is 0. The molecule has 0 fully saturated rings. The summed E-state index contributed by atoms with van der Waals surface area (Å²) in [6.07, 6.45) is 10.3. The van der Waals surface area contributed by atoms with E-state index in [1.165, 1.54) is 122 Å². The summed E-state index contributed by atoms with van der Waals surface area (Å²) in [6.45, 7) is 33.2. The molecule has 9 aromatic carbocycles. The second-order valence-corrected chi connectivity index (χ2v) is 20.7. The summed E-state index contributed by atoms with van der Waals surface area (Å²) in [7, 11) is 0. The topological polar surface area (TPSA) is 0 Å². The number of benzene rings is 9. The highest BCUT2D eigenvalue weighted by Gasteiger charge is 2.12. The van der Waals surface area contributed by atoms with Crippen LogP contribution in [-0.4, -0.2) is 0 Å². The van der Waals surface area contributed by atoms with Crippen LogP contribution in [-0.2, 0) is 12.8 Å². The van der Waals surface area contributed by atoms with Crippen molar-refractivity contribution in [2.45, 2.75) is 81.1 Å². The van der Waals surface area contributed by atoms with Gasteiger partial charge in [-0.1, -0.05) is 259 Å². The zero-order valence-electron chi connectivity index (χ0n) is 46.4. The van der Waals surface area contributed by atoms with E-state index in [2.05, 4.69) is 281 Å². The van der Waals surface area contributed by atoms with Gasteiger partial charge in [0.1, 0.15) is 0 Å². The maximum Gasteiger partial charge on any atom is -0.0111 e. The second kappa shape index (κ2) is 26.8. The number of allylic oxidation sites excluding steroid dienone is 4. The average molecular weight is 989 g/mol. The van der Waals surface area contributed by atoms with Gasteiger partial charge < -0.3 is 0 Å². The average Bonchev–Trinajstić information content (AvgIpc) is 3.42. The molecule has 76 heavy (non-hydrogen) atoms. The molecule has 0 unspecified atom stereocenters. The van der Waals surface area contributed by atoms with Gasteiger partial charge in [-0.05, 0) is 187 Å². The quantitative estimate of drug-likeness (QED) is 0.0709. The van der Waals surface area contributed by atoms with Crippen molar-refractivity contribution in [3.05, 3.63) is 299 Å². The molecule has 0 nitrogen and oxygen atoms in total. The van der Waals surface area contributed by atoms with Crippen LogP contribution in [0.25, 0.3) is 78.9 Å². The van der Waals surface area contributed by atoms with Crippen molar-refractivity contribution in [2.75, 3.05) is 0 Å². The molecule has 0 saturated heterocycles. The lowest BCUT2D eigenvalue weighted by atomic mass is 9.91. The molecule has 0 aliphatic carbocycles. The molecule has 0 spiro atoms. The third-order valence-corrected chi connectivity index (χ3v) is 13.8. The van der Waals surface area contributed by atoms with Crippen molar-refractivity contribution >= 4 is 12.2 Å². The summed E-state index contributed by atoms with van der Waals surface area (Å²) in [5.41, 5.74) is 30.5. The Hall–Kier alpha value is -8.32. The van der Waals surface area contributed by atoms with Crippen LogP contribution in [0.5, 0.6) is 0 Å². The molecule has 0 aromatic heterocycles. The Kier molecular flexibility index (Phi) is 19.5. The molecule has 0 heteroatoms. The zero-order valence-corrected chi connectivity index (χ0v) is 46.4. The third kappa shape index (κ3) is 15.1. The SMILES string of the molecule is C=C(C)CCc1cc(C)ccc1-c1ccc(-c2ccccc2)c(C)c1.C=C(C)CCc1cc(C)ccc1-c1ccc(-c2ccccc2)c(C)c1.C=Cc1cc(-c2ccc(C)cc2/C=C/C(=C)C)ccc1-c1ccccc1. The standard InChI is InChI=1S/C26H24.2C25H26/c1-5-21-18-24(14-16-25(21)22-9-7-6-8-10-22)26-15-12-20(4)17-23(26)13-11-19(2)3;2*1-18(2)10-12-22-16-19(3)11-14-25(22)23-13-15-24(20(4)17-23)21-8-6-5-7-9-21/h5-18H,1-2H2,3-4H3;2*5-9,11,13-17H,1,10,12H2,2-4H3/b13-11+;;. The Bertz CT molecular complexity index is 3330. The van der Waals surface area contributed by atoms with Gasteiger partial charge in [-0.15, -0.1) is 13.2 Å². The van der Waals surface area contributed by atoms with Crippen LogP contribution in [0.2, 0.25) is 0 Å². The van der Waals surface area contributed by atoms with E-state index >= 15 is 0 Å². The van der Waals surface area contributed by atoms with Crippen molar-refractivity contribution < 1.29 is 0 Å². The molecular formula is C76H76. The Morgan fingerprint density at radius 1 is 0.355 bits per heavy atom. The van der Waals surface area contributed by atoms with Gasteiger partial charge in [0.05, 0.1) is 0 Å². The molecule has 0 atom stereocenters. The van der Waals surface area contributed by atoms with E-state index < -0.39 is 0 Å². The number of aryl methyl sites for hydroxylation is 7. The lowest BCUT2D eigenvalue weighted by Crippen LogP contribution is -1.93. The predicted octanol–water partition coefficient (Wildman–Crippen LogP) is 21.9. The fraction of sp³-hybridized carbons (Fsp3) is 0.158. The molecule has 0 radical (unpaired) electrons. The summed E-state index contributed by atoms with van der Waals surface area (Å²) in [6, 6.07) is 72.0. The largest absolute Gasteiger partial charge is 0.100 e. The van der Waals surface area contributed by atoms with Gasteiger partial charge in [0.2, 0.25) is 0 Å². The summed E-state index contributed by atoms with van der Waals surface area (Å²) < 4.78 is 0. The van der Waals surface area contributed by atoms with Crippen molar-refractivity contribution in [3.8, 4) is 66.8 Å². The van der Waals surface area contributed by atoms with E-state index in [9.17, 15) is 0 Å². The van der Waals surface area contributed by atoms with Gasteiger partial charge in [-0.2, -0.15) is 0 Å². The minimum Gasteiger partial charge on any atom is -0.100 e. The molecule has 0 aliphatic heterocycles. The molecule has 0 amide bonds. The van der Waals surface area contributed by atoms with Crippen LogP contribution in [0, 0.1) is 34.6 Å². The molecule has 0 aliphatic rings. The van der Waals surface area contributed by atoms with Crippen LogP contribution in [0.1, 0.15) is 83.7 Å².